The molecule has 35 heavy (non-hydrogen) atoms. The van der Waals surface area contributed by atoms with Crippen molar-refractivity contribution in [2.24, 2.45) is 0 Å². The van der Waals surface area contributed by atoms with E-state index in [0.29, 0.717) is 6.54 Å². The van der Waals surface area contributed by atoms with E-state index in [0.717, 1.165) is 19.3 Å². The molecule has 0 aromatic rings. The summed E-state index contributed by atoms with van der Waals surface area (Å²) in [4.78, 5) is 33.3. The van der Waals surface area contributed by atoms with Crippen LogP contribution in [0.3, 0.4) is 0 Å². The minimum Gasteiger partial charge on any atom is -0.481 e. The second-order valence-corrected chi connectivity index (χ2v) is 9.96. The third-order valence-electron chi connectivity index (χ3n) is 6.78. The highest BCUT2D eigenvalue weighted by atomic mass is 16.4. The third-order valence-corrected chi connectivity index (χ3v) is 6.78. The van der Waals surface area contributed by atoms with Gasteiger partial charge in [-0.25, -0.2) is 0 Å². The molecule has 7 heteroatoms. The lowest BCUT2D eigenvalue weighted by Crippen LogP contribution is -2.52. The Morgan fingerprint density at radius 3 is 1.23 bits per heavy atom. The van der Waals surface area contributed by atoms with Gasteiger partial charge in [-0.05, 0) is 32.1 Å². The molecule has 3 N–H and O–H groups in total. The van der Waals surface area contributed by atoms with Crippen LogP contribution in [0.1, 0.15) is 122 Å². The van der Waals surface area contributed by atoms with E-state index < -0.39 is 17.9 Å². The molecule has 0 atom stereocenters. The summed E-state index contributed by atoms with van der Waals surface area (Å²) >= 11 is 0. The number of carboxylic acids is 3. The van der Waals surface area contributed by atoms with E-state index >= 15 is 0 Å². The SMILES string of the molecule is CCC/C=C/CCCCCCCCCCCCCC[N+](CCC(=O)O)(CCC(=O)O)CCC(=O)O. The van der Waals surface area contributed by atoms with Gasteiger partial charge in [0, 0.05) is 0 Å². The fraction of sp³-hybridized carbons (Fsp3) is 0.821. The molecule has 0 saturated heterocycles. The van der Waals surface area contributed by atoms with E-state index in [1.54, 1.807) is 0 Å². The molecule has 0 aliphatic heterocycles. The van der Waals surface area contributed by atoms with Crippen molar-refractivity contribution in [1.29, 1.82) is 0 Å². The molecule has 0 unspecified atom stereocenters. The van der Waals surface area contributed by atoms with Gasteiger partial charge in [0.05, 0.1) is 45.4 Å². The van der Waals surface area contributed by atoms with Gasteiger partial charge in [0.2, 0.25) is 0 Å². The van der Waals surface area contributed by atoms with Crippen LogP contribution in [0.2, 0.25) is 0 Å². The predicted molar refractivity (Wildman–Crippen MR) is 141 cm³/mol. The molecule has 0 heterocycles. The number of unbranched alkanes of at least 4 members (excludes halogenated alkanes) is 13. The Bertz CT molecular complexity index is 544. The lowest BCUT2D eigenvalue weighted by molar-refractivity contribution is -0.927. The molecule has 0 bridgehead atoms. The summed E-state index contributed by atoms with van der Waals surface area (Å²) in [5.74, 6) is -2.80. The van der Waals surface area contributed by atoms with Crippen molar-refractivity contribution in [1.82, 2.24) is 0 Å². The molecular weight excluding hydrogens is 446 g/mol. The van der Waals surface area contributed by atoms with Gasteiger partial charge in [0.25, 0.3) is 0 Å². The molecule has 7 nitrogen and oxygen atoms in total. The van der Waals surface area contributed by atoms with Crippen LogP contribution in [0.25, 0.3) is 0 Å². The Morgan fingerprint density at radius 2 is 0.857 bits per heavy atom. The second-order valence-electron chi connectivity index (χ2n) is 9.96. The van der Waals surface area contributed by atoms with E-state index in [1.165, 1.54) is 77.0 Å². The maximum Gasteiger partial charge on any atom is 0.309 e. The van der Waals surface area contributed by atoms with Crippen LogP contribution < -0.4 is 0 Å². The maximum absolute atomic E-state index is 11.1. The number of carboxylic acid groups (broad SMARTS) is 3. The summed E-state index contributed by atoms with van der Waals surface area (Å²) < 4.78 is 0.264. The van der Waals surface area contributed by atoms with Gasteiger partial charge in [-0.15, -0.1) is 0 Å². The van der Waals surface area contributed by atoms with Crippen LogP contribution in [-0.2, 0) is 14.4 Å². The van der Waals surface area contributed by atoms with Crippen LogP contribution >= 0.6 is 0 Å². The number of nitrogens with zero attached hydrogens (tertiary/aromatic N) is 1. The summed E-state index contributed by atoms with van der Waals surface area (Å²) in [7, 11) is 0. The summed E-state index contributed by atoms with van der Waals surface area (Å²) in [5.41, 5.74) is 0. The number of carbonyl (C=O) groups is 3. The van der Waals surface area contributed by atoms with Gasteiger partial charge in [-0.3, -0.25) is 14.4 Å². The van der Waals surface area contributed by atoms with Crippen LogP contribution in [-0.4, -0.2) is 63.9 Å². The smallest absolute Gasteiger partial charge is 0.309 e. The van der Waals surface area contributed by atoms with E-state index in [-0.39, 0.29) is 43.4 Å². The van der Waals surface area contributed by atoms with Crippen molar-refractivity contribution < 1.29 is 34.2 Å². The normalized spacial score (nSPS) is 11.8. The highest BCUT2D eigenvalue weighted by Gasteiger charge is 2.29. The zero-order valence-corrected chi connectivity index (χ0v) is 22.2. The Balaban J connectivity index is 4.02. The maximum atomic E-state index is 11.1. The molecule has 0 aliphatic carbocycles. The van der Waals surface area contributed by atoms with Gasteiger partial charge in [-0.2, -0.15) is 0 Å². The van der Waals surface area contributed by atoms with E-state index in [2.05, 4.69) is 19.1 Å². The first-order valence-corrected chi connectivity index (χ1v) is 14.0. The van der Waals surface area contributed by atoms with Crippen molar-refractivity contribution in [2.45, 2.75) is 122 Å². The molecule has 0 spiro atoms. The monoisotopic (exact) mass is 498 g/mol. The molecule has 204 valence electrons. The largest absolute Gasteiger partial charge is 0.481 e. The molecule has 0 aromatic heterocycles. The molecule has 0 fully saturated rings. The van der Waals surface area contributed by atoms with Crippen LogP contribution in [0.4, 0.5) is 0 Å². The van der Waals surface area contributed by atoms with Crippen molar-refractivity contribution in [3.8, 4) is 0 Å². The molecule has 0 amide bonds. The van der Waals surface area contributed by atoms with Gasteiger partial charge in [0.15, 0.2) is 0 Å². The molecular formula is C28H52NO6+. The average Bonchev–Trinajstić information content (AvgIpc) is 2.81. The Hall–Kier alpha value is -1.89. The van der Waals surface area contributed by atoms with Gasteiger partial charge in [-0.1, -0.05) is 83.3 Å². The number of rotatable bonds is 26. The third kappa shape index (κ3) is 22.3. The molecule has 0 radical (unpaired) electrons. The van der Waals surface area contributed by atoms with Crippen molar-refractivity contribution in [2.75, 3.05) is 26.2 Å². The molecule has 0 aromatic carbocycles. The zero-order chi connectivity index (χ0) is 26.2. The fourth-order valence-electron chi connectivity index (χ4n) is 4.55. The minimum absolute atomic E-state index is 0.0742. The summed E-state index contributed by atoms with van der Waals surface area (Å²) in [6.45, 7) is 3.70. The number of aliphatic carboxylic acids is 3. The van der Waals surface area contributed by atoms with Gasteiger partial charge < -0.3 is 19.8 Å². The van der Waals surface area contributed by atoms with Crippen LogP contribution in [0.15, 0.2) is 12.2 Å². The first kappa shape index (κ1) is 33.1. The molecule has 0 aliphatic rings. The Morgan fingerprint density at radius 1 is 0.514 bits per heavy atom. The van der Waals surface area contributed by atoms with E-state index in [9.17, 15) is 14.4 Å². The number of quaternary nitrogens is 1. The minimum atomic E-state index is -0.933. The van der Waals surface area contributed by atoms with Crippen LogP contribution in [0, 0.1) is 0 Å². The Labute approximate surface area is 213 Å². The van der Waals surface area contributed by atoms with Crippen LogP contribution in [0.5, 0.6) is 0 Å². The van der Waals surface area contributed by atoms with E-state index in [1.807, 2.05) is 0 Å². The van der Waals surface area contributed by atoms with Crippen molar-refractivity contribution >= 4 is 17.9 Å². The molecule has 0 rings (SSSR count). The highest BCUT2D eigenvalue weighted by Crippen LogP contribution is 2.17. The van der Waals surface area contributed by atoms with E-state index in [4.69, 9.17) is 15.3 Å². The summed E-state index contributed by atoms with van der Waals surface area (Å²) in [6, 6.07) is 0. The highest BCUT2D eigenvalue weighted by molar-refractivity contribution is 5.67. The lowest BCUT2D eigenvalue weighted by Gasteiger charge is -2.38. The van der Waals surface area contributed by atoms with Gasteiger partial charge in [0.1, 0.15) is 0 Å². The second kappa shape index (κ2) is 22.6. The Kier molecular flexibility index (Phi) is 21.3. The first-order valence-electron chi connectivity index (χ1n) is 14.0. The quantitative estimate of drug-likeness (QED) is 0.0699. The lowest BCUT2D eigenvalue weighted by atomic mass is 10.0. The van der Waals surface area contributed by atoms with Crippen molar-refractivity contribution in [3.63, 3.8) is 0 Å². The summed E-state index contributed by atoms with van der Waals surface area (Å²) in [5, 5.41) is 27.3. The topological polar surface area (TPSA) is 112 Å². The fourth-order valence-corrected chi connectivity index (χ4v) is 4.55. The van der Waals surface area contributed by atoms with Gasteiger partial charge >= 0.3 is 17.9 Å². The number of hydrogen-bond acceptors (Lipinski definition) is 3. The van der Waals surface area contributed by atoms with Crippen molar-refractivity contribution in [3.05, 3.63) is 12.2 Å². The predicted octanol–water partition coefficient (Wildman–Crippen LogP) is 6.65. The summed E-state index contributed by atoms with van der Waals surface area (Å²) in [6.07, 6.45) is 22.7. The number of hydrogen-bond donors (Lipinski definition) is 3. The average molecular weight is 499 g/mol. The molecule has 0 saturated carbocycles. The number of allylic oxidation sites excluding steroid dienone is 2. The standard InChI is InChI=1S/C28H51NO6/c1-2-3-4-5-6-7-8-9-10-11-12-13-14-15-16-17-18-22-29(23-19-26(30)31,24-20-27(32)33)25-21-28(34)35/h4-5H,2-3,6-25H2,1H3,(H2-,30,31,32,33,34,35)/p+1/b5-4+. The first-order chi connectivity index (χ1) is 16.8. The zero-order valence-electron chi connectivity index (χ0n) is 22.2.